The molecule has 0 aromatic heterocycles. The van der Waals surface area contributed by atoms with Crippen LogP contribution in [0, 0.1) is 10.8 Å². The van der Waals surface area contributed by atoms with Gasteiger partial charge in [-0.3, -0.25) is 4.79 Å². The molecule has 2 fully saturated rings. The van der Waals surface area contributed by atoms with Crippen molar-refractivity contribution in [1.82, 2.24) is 5.32 Å². The molecule has 0 radical (unpaired) electrons. The van der Waals surface area contributed by atoms with Crippen LogP contribution in [0.4, 0.5) is 0 Å². The molecule has 2 aliphatic carbocycles. The van der Waals surface area contributed by atoms with Crippen molar-refractivity contribution in [3.63, 3.8) is 0 Å². The molecular weight excluding hydrogens is 292 g/mol. The van der Waals surface area contributed by atoms with Gasteiger partial charge < -0.3 is 20.5 Å². The molecule has 1 amide bonds. The molecule has 2 aliphatic rings. The van der Waals surface area contributed by atoms with Gasteiger partial charge in [0.15, 0.2) is 0 Å². The number of hydrogen-bond acceptors (Lipinski definition) is 4. The SMILES string of the molecule is CCOCCC1(CNC(=O)C2(N)CC(OCC)C2(C)C)CCC1. The molecule has 0 aromatic rings. The van der Waals surface area contributed by atoms with Crippen LogP contribution < -0.4 is 11.1 Å². The number of carbonyl (C=O) groups is 1. The topological polar surface area (TPSA) is 73.6 Å². The van der Waals surface area contributed by atoms with Crippen molar-refractivity contribution in [2.45, 2.75) is 71.4 Å². The summed E-state index contributed by atoms with van der Waals surface area (Å²) in [6, 6.07) is 0. The van der Waals surface area contributed by atoms with Crippen molar-refractivity contribution in [2.24, 2.45) is 16.6 Å². The fourth-order valence-electron chi connectivity index (χ4n) is 3.87. The van der Waals surface area contributed by atoms with Gasteiger partial charge in [-0.2, -0.15) is 0 Å². The van der Waals surface area contributed by atoms with E-state index in [2.05, 4.69) is 5.32 Å². The summed E-state index contributed by atoms with van der Waals surface area (Å²) in [7, 11) is 0. The van der Waals surface area contributed by atoms with Crippen LogP contribution in [0.25, 0.3) is 0 Å². The van der Waals surface area contributed by atoms with E-state index in [-0.39, 0.29) is 22.8 Å². The van der Waals surface area contributed by atoms with Crippen molar-refractivity contribution in [3.8, 4) is 0 Å². The average Bonchev–Trinajstić information content (AvgIpc) is 2.48. The molecular formula is C18H34N2O3. The first-order valence-corrected chi connectivity index (χ1v) is 9.08. The normalized spacial score (nSPS) is 31.1. The number of nitrogens with one attached hydrogen (secondary N) is 1. The van der Waals surface area contributed by atoms with E-state index in [0.717, 1.165) is 19.6 Å². The maximum Gasteiger partial charge on any atom is 0.240 e. The highest BCUT2D eigenvalue weighted by Gasteiger charge is 2.63. The Kier molecular flexibility index (Phi) is 5.75. The lowest BCUT2D eigenvalue weighted by Crippen LogP contribution is -2.76. The van der Waals surface area contributed by atoms with Gasteiger partial charge in [-0.15, -0.1) is 0 Å². The molecule has 2 saturated carbocycles. The van der Waals surface area contributed by atoms with Crippen LogP contribution in [-0.2, 0) is 14.3 Å². The molecule has 23 heavy (non-hydrogen) atoms. The highest BCUT2D eigenvalue weighted by atomic mass is 16.5. The summed E-state index contributed by atoms with van der Waals surface area (Å²) in [5.41, 5.74) is 5.51. The molecule has 0 spiro atoms. The molecule has 0 saturated heterocycles. The lowest BCUT2D eigenvalue weighted by atomic mass is 9.54. The van der Waals surface area contributed by atoms with Crippen molar-refractivity contribution < 1.29 is 14.3 Å². The third-order valence-corrected chi connectivity index (χ3v) is 6.25. The zero-order chi connectivity index (χ0) is 17.1. The first kappa shape index (κ1) is 18.7. The monoisotopic (exact) mass is 326 g/mol. The number of carbonyl (C=O) groups excluding carboxylic acids is 1. The van der Waals surface area contributed by atoms with Crippen molar-refractivity contribution >= 4 is 5.91 Å². The quantitative estimate of drug-likeness (QED) is 0.637. The van der Waals surface area contributed by atoms with Crippen LogP contribution in [-0.4, -0.2) is 43.9 Å². The predicted octanol–water partition coefficient (Wildman–Crippen LogP) is 2.23. The highest BCUT2D eigenvalue weighted by Crippen LogP contribution is 2.50. The van der Waals surface area contributed by atoms with Gasteiger partial charge in [-0.1, -0.05) is 20.3 Å². The van der Waals surface area contributed by atoms with Crippen LogP contribution in [0.15, 0.2) is 0 Å². The minimum Gasteiger partial charge on any atom is -0.382 e. The summed E-state index contributed by atoms with van der Waals surface area (Å²) in [4.78, 5) is 12.7. The van der Waals surface area contributed by atoms with Crippen LogP contribution >= 0.6 is 0 Å². The van der Waals surface area contributed by atoms with Crippen LogP contribution in [0.2, 0.25) is 0 Å². The van der Waals surface area contributed by atoms with Gasteiger partial charge in [-0.25, -0.2) is 0 Å². The number of hydrogen-bond donors (Lipinski definition) is 2. The standard InChI is InChI=1S/C18H34N2O3/c1-5-22-11-10-17(8-7-9-17)13-20-15(21)18(19)12-14(23-6-2)16(18,3)4/h14H,5-13,19H2,1-4H3,(H,20,21). The van der Waals surface area contributed by atoms with Crippen LogP contribution in [0.5, 0.6) is 0 Å². The Labute approximate surface area is 140 Å². The summed E-state index contributed by atoms with van der Waals surface area (Å²) in [6.45, 7) is 11.0. The Morgan fingerprint density at radius 3 is 2.43 bits per heavy atom. The second kappa shape index (κ2) is 7.08. The molecule has 0 heterocycles. The molecule has 3 N–H and O–H groups in total. The lowest BCUT2D eigenvalue weighted by Gasteiger charge is -2.58. The van der Waals surface area contributed by atoms with Crippen molar-refractivity contribution in [2.75, 3.05) is 26.4 Å². The number of amides is 1. The number of nitrogens with two attached hydrogens (primary N) is 1. The van der Waals surface area contributed by atoms with E-state index in [1.165, 1.54) is 19.3 Å². The minimum absolute atomic E-state index is 0.0267. The summed E-state index contributed by atoms with van der Waals surface area (Å²) < 4.78 is 11.2. The number of ether oxygens (including phenoxy) is 2. The van der Waals surface area contributed by atoms with Gasteiger partial charge in [0.2, 0.25) is 5.91 Å². The van der Waals surface area contributed by atoms with E-state index in [4.69, 9.17) is 15.2 Å². The van der Waals surface area contributed by atoms with Gasteiger partial charge >= 0.3 is 0 Å². The maximum atomic E-state index is 12.7. The van der Waals surface area contributed by atoms with E-state index in [1.54, 1.807) is 0 Å². The Bertz CT molecular complexity index is 420. The second-order valence-corrected chi connectivity index (χ2v) is 7.82. The first-order chi connectivity index (χ1) is 10.8. The third kappa shape index (κ3) is 3.42. The molecule has 0 bridgehead atoms. The fourth-order valence-corrected chi connectivity index (χ4v) is 3.87. The molecule has 2 unspecified atom stereocenters. The van der Waals surface area contributed by atoms with Gasteiger partial charge in [0.1, 0.15) is 5.54 Å². The Morgan fingerprint density at radius 2 is 1.96 bits per heavy atom. The smallest absolute Gasteiger partial charge is 0.240 e. The predicted molar refractivity (Wildman–Crippen MR) is 91.1 cm³/mol. The Balaban J connectivity index is 1.87. The van der Waals surface area contributed by atoms with E-state index >= 15 is 0 Å². The largest absolute Gasteiger partial charge is 0.382 e. The van der Waals surface area contributed by atoms with E-state index < -0.39 is 5.54 Å². The summed E-state index contributed by atoms with van der Waals surface area (Å²) in [6.07, 6.45) is 5.27. The van der Waals surface area contributed by atoms with E-state index in [1.807, 2.05) is 27.7 Å². The number of rotatable bonds is 9. The zero-order valence-corrected chi connectivity index (χ0v) is 15.2. The molecule has 134 valence electrons. The summed E-state index contributed by atoms with van der Waals surface area (Å²) in [5, 5.41) is 3.14. The maximum absolute atomic E-state index is 12.7. The van der Waals surface area contributed by atoms with Gasteiger partial charge in [0.25, 0.3) is 0 Å². The Hall–Kier alpha value is -0.650. The minimum atomic E-state index is -0.822. The molecule has 5 nitrogen and oxygen atoms in total. The van der Waals surface area contributed by atoms with E-state index in [9.17, 15) is 4.79 Å². The average molecular weight is 326 g/mol. The van der Waals surface area contributed by atoms with Crippen molar-refractivity contribution in [1.29, 1.82) is 0 Å². The van der Waals surface area contributed by atoms with Crippen molar-refractivity contribution in [3.05, 3.63) is 0 Å². The Morgan fingerprint density at radius 1 is 1.26 bits per heavy atom. The second-order valence-electron chi connectivity index (χ2n) is 7.82. The highest BCUT2D eigenvalue weighted by molar-refractivity contribution is 5.88. The van der Waals surface area contributed by atoms with E-state index in [0.29, 0.717) is 19.6 Å². The zero-order valence-electron chi connectivity index (χ0n) is 15.2. The van der Waals surface area contributed by atoms with Crippen LogP contribution in [0.3, 0.4) is 0 Å². The fraction of sp³-hybridized carbons (Fsp3) is 0.944. The molecule has 0 aromatic carbocycles. The van der Waals surface area contributed by atoms with Gasteiger partial charge in [-0.05, 0) is 38.5 Å². The molecule has 0 aliphatic heterocycles. The molecule has 5 heteroatoms. The van der Waals surface area contributed by atoms with Gasteiger partial charge in [0, 0.05) is 38.2 Å². The van der Waals surface area contributed by atoms with Gasteiger partial charge in [0.05, 0.1) is 6.10 Å². The molecule has 2 atom stereocenters. The molecule has 2 rings (SSSR count). The summed E-state index contributed by atoms with van der Waals surface area (Å²) >= 11 is 0. The van der Waals surface area contributed by atoms with Crippen LogP contribution in [0.1, 0.15) is 59.8 Å². The lowest BCUT2D eigenvalue weighted by molar-refractivity contribution is -0.171. The summed E-state index contributed by atoms with van der Waals surface area (Å²) in [5.74, 6) is -0.0267. The first-order valence-electron chi connectivity index (χ1n) is 9.08. The third-order valence-electron chi connectivity index (χ3n) is 6.25.